The van der Waals surface area contributed by atoms with Crippen LogP contribution in [-0.2, 0) is 9.59 Å². The van der Waals surface area contributed by atoms with E-state index in [1.54, 1.807) is 38.1 Å². The summed E-state index contributed by atoms with van der Waals surface area (Å²) in [5.41, 5.74) is 1.53. The van der Waals surface area contributed by atoms with Crippen LogP contribution in [0.25, 0.3) is 0 Å². The van der Waals surface area contributed by atoms with Crippen molar-refractivity contribution < 1.29 is 19.1 Å². The summed E-state index contributed by atoms with van der Waals surface area (Å²) in [6.07, 6.45) is 2.81. The predicted octanol–water partition coefficient (Wildman–Crippen LogP) is 4.14. The van der Waals surface area contributed by atoms with Crippen molar-refractivity contribution in [2.45, 2.75) is 25.7 Å². The lowest BCUT2D eigenvalue weighted by molar-refractivity contribution is -0.127. The first-order valence-electron chi connectivity index (χ1n) is 10.3. The molecular weight excluding hydrogens is 380 g/mol. The van der Waals surface area contributed by atoms with Crippen LogP contribution >= 0.6 is 0 Å². The molecule has 30 heavy (non-hydrogen) atoms. The Morgan fingerprint density at radius 1 is 0.700 bits per heavy atom. The van der Waals surface area contributed by atoms with E-state index in [1.807, 2.05) is 48.5 Å². The van der Waals surface area contributed by atoms with E-state index in [2.05, 4.69) is 0 Å². The second kappa shape index (κ2) is 9.65. The molecular formula is C24H30N2O4. The zero-order valence-electron chi connectivity index (χ0n) is 18.1. The monoisotopic (exact) mass is 410 g/mol. The van der Waals surface area contributed by atoms with E-state index in [-0.39, 0.29) is 23.7 Å². The van der Waals surface area contributed by atoms with Crippen molar-refractivity contribution in [2.24, 2.45) is 11.8 Å². The fourth-order valence-corrected chi connectivity index (χ4v) is 4.19. The summed E-state index contributed by atoms with van der Waals surface area (Å²) in [5, 5.41) is 0. The van der Waals surface area contributed by atoms with E-state index in [4.69, 9.17) is 9.47 Å². The number of ether oxygens (including phenoxy) is 2. The average molecular weight is 411 g/mol. The number of rotatable bonds is 6. The molecule has 0 unspecified atom stereocenters. The number of hydrogen-bond donors (Lipinski definition) is 0. The molecule has 0 spiro atoms. The molecule has 0 heterocycles. The van der Waals surface area contributed by atoms with Crippen LogP contribution in [0.4, 0.5) is 11.4 Å². The number of benzene rings is 2. The minimum Gasteiger partial charge on any atom is -0.495 e. The van der Waals surface area contributed by atoms with Crippen LogP contribution in [0.1, 0.15) is 25.7 Å². The van der Waals surface area contributed by atoms with E-state index in [0.717, 1.165) is 11.4 Å². The molecule has 0 aromatic heterocycles. The van der Waals surface area contributed by atoms with E-state index < -0.39 is 0 Å². The summed E-state index contributed by atoms with van der Waals surface area (Å²) in [4.78, 5) is 29.4. The summed E-state index contributed by atoms with van der Waals surface area (Å²) in [5.74, 6) is 1.33. The quantitative estimate of drug-likeness (QED) is 0.718. The van der Waals surface area contributed by atoms with Crippen molar-refractivity contribution in [3.63, 3.8) is 0 Å². The highest BCUT2D eigenvalue weighted by Gasteiger charge is 2.34. The summed E-state index contributed by atoms with van der Waals surface area (Å²) in [6.45, 7) is 0. The summed E-state index contributed by atoms with van der Waals surface area (Å²) in [7, 11) is 6.78. The zero-order valence-corrected chi connectivity index (χ0v) is 18.1. The Labute approximate surface area is 178 Å². The highest BCUT2D eigenvalue weighted by molar-refractivity contribution is 5.97. The Balaban J connectivity index is 1.62. The first-order valence-corrected chi connectivity index (χ1v) is 10.3. The second-order valence-electron chi connectivity index (χ2n) is 7.69. The van der Waals surface area contributed by atoms with Crippen LogP contribution in [-0.4, -0.2) is 40.1 Å². The second-order valence-corrected chi connectivity index (χ2v) is 7.69. The number of anilines is 2. The molecule has 2 aromatic rings. The van der Waals surface area contributed by atoms with Gasteiger partial charge in [-0.25, -0.2) is 0 Å². The van der Waals surface area contributed by atoms with Crippen molar-refractivity contribution >= 4 is 23.2 Å². The molecule has 3 rings (SSSR count). The first-order chi connectivity index (χ1) is 14.5. The highest BCUT2D eigenvalue weighted by Crippen LogP contribution is 2.35. The molecule has 0 N–H and O–H groups in total. The maximum atomic E-state index is 13.0. The van der Waals surface area contributed by atoms with Crippen molar-refractivity contribution in [3.05, 3.63) is 48.5 Å². The van der Waals surface area contributed by atoms with Crippen molar-refractivity contribution in [3.8, 4) is 11.5 Å². The van der Waals surface area contributed by atoms with Gasteiger partial charge in [0.2, 0.25) is 11.8 Å². The molecule has 2 amide bonds. The number of methoxy groups -OCH3 is 2. The third-order valence-electron chi connectivity index (χ3n) is 5.98. The molecule has 2 aromatic carbocycles. The van der Waals surface area contributed by atoms with Crippen molar-refractivity contribution in [2.75, 3.05) is 38.1 Å². The molecule has 0 atom stereocenters. The minimum atomic E-state index is -0.0828. The third-order valence-corrected chi connectivity index (χ3v) is 5.98. The van der Waals surface area contributed by atoms with Gasteiger partial charge >= 0.3 is 0 Å². The summed E-state index contributed by atoms with van der Waals surface area (Å²) >= 11 is 0. The minimum absolute atomic E-state index is 0.0727. The zero-order chi connectivity index (χ0) is 21.7. The Kier molecular flexibility index (Phi) is 6.98. The number of carbonyl (C=O) groups is 2. The molecule has 1 aliphatic rings. The lowest BCUT2D eigenvalue weighted by atomic mass is 9.80. The molecule has 0 bridgehead atoms. The largest absolute Gasteiger partial charge is 0.495 e. The van der Waals surface area contributed by atoms with Crippen molar-refractivity contribution in [1.82, 2.24) is 0 Å². The van der Waals surface area contributed by atoms with Gasteiger partial charge in [-0.3, -0.25) is 9.59 Å². The van der Waals surface area contributed by atoms with Crippen LogP contribution in [0.3, 0.4) is 0 Å². The fourth-order valence-electron chi connectivity index (χ4n) is 4.19. The Morgan fingerprint density at radius 2 is 1.03 bits per heavy atom. The van der Waals surface area contributed by atoms with E-state index >= 15 is 0 Å². The highest BCUT2D eigenvalue weighted by atomic mass is 16.5. The molecule has 6 nitrogen and oxygen atoms in total. The fraction of sp³-hybridized carbons (Fsp3) is 0.417. The van der Waals surface area contributed by atoms with Crippen LogP contribution < -0.4 is 19.3 Å². The topological polar surface area (TPSA) is 59.1 Å². The number of amides is 2. The van der Waals surface area contributed by atoms with Gasteiger partial charge in [-0.1, -0.05) is 24.3 Å². The van der Waals surface area contributed by atoms with Crippen LogP contribution in [0.15, 0.2) is 48.5 Å². The molecule has 160 valence electrons. The normalized spacial score (nSPS) is 18.4. The van der Waals surface area contributed by atoms with Crippen LogP contribution in [0, 0.1) is 11.8 Å². The molecule has 1 saturated carbocycles. The molecule has 6 heteroatoms. The van der Waals surface area contributed by atoms with E-state index in [9.17, 15) is 9.59 Å². The third kappa shape index (κ3) is 4.42. The average Bonchev–Trinajstić information content (AvgIpc) is 2.82. The van der Waals surface area contributed by atoms with Gasteiger partial charge in [0, 0.05) is 25.9 Å². The van der Waals surface area contributed by atoms with Gasteiger partial charge in [0.25, 0.3) is 0 Å². The predicted molar refractivity (Wildman–Crippen MR) is 118 cm³/mol. The maximum Gasteiger partial charge on any atom is 0.229 e. The SMILES string of the molecule is COc1ccccc1N(C)C(=O)C1CCC(C(=O)N(C)c2ccccc2OC)CC1. The standard InChI is InChI=1S/C24H30N2O4/c1-25(19-9-5-7-11-21(19)29-3)23(27)17-13-15-18(16-14-17)24(28)26(2)20-10-6-8-12-22(20)30-4/h5-12,17-18H,13-16H2,1-4H3. The number of nitrogens with zero attached hydrogens (tertiary/aromatic N) is 2. The molecule has 0 radical (unpaired) electrons. The van der Waals surface area contributed by atoms with Crippen molar-refractivity contribution in [1.29, 1.82) is 0 Å². The Morgan fingerprint density at radius 3 is 1.37 bits per heavy atom. The van der Waals surface area contributed by atoms with Gasteiger partial charge < -0.3 is 19.3 Å². The van der Waals surface area contributed by atoms with Crippen LogP contribution in [0.2, 0.25) is 0 Å². The number of para-hydroxylation sites is 4. The Bertz CT molecular complexity index is 817. The summed E-state index contributed by atoms with van der Waals surface area (Å²) < 4.78 is 10.8. The molecule has 0 aliphatic heterocycles. The molecule has 0 saturated heterocycles. The van der Waals surface area contributed by atoms with Gasteiger partial charge in [-0.05, 0) is 49.9 Å². The first kappa shape index (κ1) is 21.7. The number of carbonyl (C=O) groups excluding carboxylic acids is 2. The van der Waals surface area contributed by atoms with Gasteiger partial charge in [0.05, 0.1) is 25.6 Å². The van der Waals surface area contributed by atoms with Gasteiger partial charge in [0.1, 0.15) is 11.5 Å². The number of hydrogen-bond acceptors (Lipinski definition) is 4. The Hall–Kier alpha value is -3.02. The lowest BCUT2D eigenvalue weighted by Gasteiger charge is -2.32. The van der Waals surface area contributed by atoms with Gasteiger partial charge in [-0.15, -0.1) is 0 Å². The molecule has 1 fully saturated rings. The molecule has 1 aliphatic carbocycles. The smallest absolute Gasteiger partial charge is 0.229 e. The van der Waals surface area contributed by atoms with E-state index in [1.165, 1.54) is 0 Å². The van der Waals surface area contributed by atoms with Crippen LogP contribution in [0.5, 0.6) is 11.5 Å². The van der Waals surface area contributed by atoms with E-state index in [0.29, 0.717) is 37.2 Å². The lowest BCUT2D eigenvalue weighted by Crippen LogP contribution is -2.39. The van der Waals surface area contributed by atoms with Gasteiger partial charge in [0.15, 0.2) is 0 Å². The maximum absolute atomic E-state index is 13.0. The summed E-state index contributed by atoms with van der Waals surface area (Å²) in [6, 6.07) is 15.0. The van der Waals surface area contributed by atoms with Gasteiger partial charge in [-0.2, -0.15) is 0 Å².